The summed E-state index contributed by atoms with van der Waals surface area (Å²) in [4.78, 5) is 16.7. The van der Waals surface area contributed by atoms with Crippen LogP contribution in [0.4, 0.5) is 0 Å². The van der Waals surface area contributed by atoms with Crippen molar-refractivity contribution < 1.29 is 4.79 Å². The van der Waals surface area contributed by atoms with E-state index in [9.17, 15) is 4.79 Å². The summed E-state index contributed by atoms with van der Waals surface area (Å²) in [6.45, 7) is 2.84. The Hall–Kier alpha value is -2.61. The number of hydrogen-bond donors (Lipinski definition) is 1. The third-order valence-electron chi connectivity index (χ3n) is 3.05. The molecule has 0 radical (unpaired) electrons. The first kappa shape index (κ1) is 14.3. The van der Waals surface area contributed by atoms with Crippen molar-refractivity contribution in [3.8, 4) is 11.4 Å². The molecular weight excluding hydrogens is 300 g/mol. The van der Waals surface area contributed by atoms with Crippen molar-refractivity contribution in [2.45, 2.75) is 13.5 Å². The molecule has 0 bridgehead atoms. The third kappa shape index (κ3) is 3.17. The van der Waals surface area contributed by atoms with Crippen LogP contribution in [0, 0.1) is 6.92 Å². The Morgan fingerprint density at radius 3 is 2.95 bits per heavy atom. The molecule has 3 aromatic rings. The predicted octanol–water partition coefficient (Wildman–Crippen LogP) is 1.54. The van der Waals surface area contributed by atoms with E-state index in [2.05, 4.69) is 25.0 Å². The highest BCUT2D eigenvalue weighted by Gasteiger charge is 2.12. The van der Waals surface area contributed by atoms with E-state index in [1.807, 2.05) is 30.5 Å². The Kier molecular flexibility index (Phi) is 4.19. The average molecular weight is 314 g/mol. The van der Waals surface area contributed by atoms with E-state index < -0.39 is 0 Å². The number of carbonyl (C=O) groups excluding carboxylic acids is 1. The first-order chi connectivity index (χ1) is 10.7. The van der Waals surface area contributed by atoms with Crippen LogP contribution >= 0.6 is 11.5 Å². The lowest BCUT2D eigenvalue weighted by atomic mass is 10.3. The van der Waals surface area contributed by atoms with E-state index in [4.69, 9.17) is 0 Å². The number of aromatic nitrogens is 5. The number of nitrogens with zero attached hydrogens (tertiary/aromatic N) is 5. The highest BCUT2D eigenvalue weighted by molar-refractivity contribution is 7.07. The van der Waals surface area contributed by atoms with E-state index in [-0.39, 0.29) is 5.91 Å². The van der Waals surface area contributed by atoms with Gasteiger partial charge in [0, 0.05) is 18.9 Å². The number of pyridine rings is 1. The predicted molar refractivity (Wildman–Crippen MR) is 82.4 cm³/mol. The second-order valence-corrected chi connectivity index (χ2v) is 5.38. The topological polar surface area (TPSA) is 85.6 Å². The number of hydrogen-bond acceptors (Lipinski definition) is 6. The second-order valence-electron chi connectivity index (χ2n) is 4.62. The molecule has 22 heavy (non-hydrogen) atoms. The van der Waals surface area contributed by atoms with Crippen LogP contribution in [-0.2, 0) is 6.54 Å². The van der Waals surface area contributed by atoms with Gasteiger partial charge < -0.3 is 5.32 Å². The fraction of sp³-hybridized carbons (Fsp3) is 0.214. The summed E-state index contributed by atoms with van der Waals surface area (Å²) < 4.78 is 5.53. The minimum absolute atomic E-state index is 0.149. The summed E-state index contributed by atoms with van der Waals surface area (Å²) in [7, 11) is 0. The lowest BCUT2D eigenvalue weighted by Crippen LogP contribution is -2.27. The molecule has 0 aliphatic rings. The Morgan fingerprint density at radius 2 is 2.23 bits per heavy atom. The number of aryl methyl sites for hydroxylation is 1. The molecule has 0 aliphatic heterocycles. The van der Waals surface area contributed by atoms with Crippen molar-refractivity contribution in [3.05, 3.63) is 47.2 Å². The maximum Gasteiger partial charge on any atom is 0.265 e. The zero-order valence-corrected chi connectivity index (χ0v) is 12.7. The van der Waals surface area contributed by atoms with Crippen molar-refractivity contribution in [1.82, 2.24) is 29.7 Å². The van der Waals surface area contributed by atoms with Crippen LogP contribution in [0.5, 0.6) is 0 Å². The van der Waals surface area contributed by atoms with Gasteiger partial charge in [0.1, 0.15) is 10.6 Å². The molecular formula is C14H14N6OS. The summed E-state index contributed by atoms with van der Waals surface area (Å²) in [5.41, 5.74) is 2.30. The van der Waals surface area contributed by atoms with Gasteiger partial charge in [-0.1, -0.05) is 10.6 Å². The van der Waals surface area contributed by atoms with Gasteiger partial charge in [-0.3, -0.25) is 14.5 Å². The Labute approximate surface area is 131 Å². The fourth-order valence-electron chi connectivity index (χ4n) is 1.94. The maximum absolute atomic E-state index is 11.9. The summed E-state index contributed by atoms with van der Waals surface area (Å²) in [6, 6.07) is 7.61. The molecule has 3 rings (SSSR count). The molecule has 3 heterocycles. The standard InChI is InChI=1S/C14H14N6OS/c1-10-13(22-19-17-10)14(21)16-7-9-20-8-5-12(18-20)11-4-2-3-6-15-11/h2-6,8H,7,9H2,1H3,(H,16,21). The molecule has 7 nitrogen and oxygen atoms in total. The molecule has 1 N–H and O–H groups in total. The molecule has 0 aliphatic carbocycles. The third-order valence-corrected chi connectivity index (χ3v) is 3.88. The van der Waals surface area contributed by atoms with Crippen molar-refractivity contribution in [2.75, 3.05) is 6.54 Å². The zero-order chi connectivity index (χ0) is 15.4. The molecule has 3 aromatic heterocycles. The number of amides is 1. The van der Waals surface area contributed by atoms with Crippen LogP contribution in [0.1, 0.15) is 15.4 Å². The summed E-state index contributed by atoms with van der Waals surface area (Å²) >= 11 is 1.10. The normalized spacial score (nSPS) is 10.6. The van der Waals surface area contributed by atoms with E-state index in [0.717, 1.165) is 22.9 Å². The van der Waals surface area contributed by atoms with Crippen LogP contribution in [-0.4, -0.2) is 36.8 Å². The number of rotatable bonds is 5. The van der Waals surface area contributed by atoms with Crippen LogP contribution in [0.25, 0.3) is 11.4 Å². The van der Waals surface area contributed by atoms with Crippen molar-refractivity contribution in [1.29, 1.82) is 0 Å². The highest BCUT2D eigenvalue weighted by atomic mass is 32.1. The first-order valence-electron chi connectivity index (χ1n) is 6.76. The Morgan fingerprint density at radius 1 is 1.32 bits per heavy atom. The van der Waals surface area contributed by atoms with E-state index in [1.165, 1.54) is 0 Å². The molecule has 0 atom stereocenters. The molecule has 0 saturated carbocycles. The number of carbonyl (C=O) groups is 1. The monoisotopic (exact) mass is 314 g/mol. The highest BCUT2D eigenvalue weighted by Crippen LogP contribution is 2.12. The van der Waals surface area contributed by atoms with Gasteiger partial charge in [-0.2, -0.15) is 5.10 Å². The SMILES string of the molecule is Cc1nnsc1C(=O)NCCn1ccc(-c2ccccn2)n1. The zero-order valence-electron chi connectivity index (χ0n) is 11.9. The Balaban J connectivity index is 1.56. The molecule has 0 unspecified atom stereocenters. The minimum atomic E-state index is -0.149. The second kappa shape index (κ2) is 6.44. The smallest absolute Gasteiger partial charge is 0.265 e. The van der Waals surface area contributed by atoms with Gasteiger partial charge in [-0.25, -0.2) is 0 Å². The lowest BCUT2D eigenvalue weighted by Gasteiger charge is -2.04. The van der Waals surface area contributed by atoms with Crippen LogP contribution in [0.3, 0.4) is 0 Å². The molecule has 0 spiro atoms. The summed E-state index contributed by atoms with van der Waals surface area (Å²) in [6.07, 6.45) is 3.61. The van der Waals surface area contributed by atoms with E-state index in [0.29, 0.717) is 23.7 Å². The minimum Gasteiger partial charge on any atom is -0.349 e. The van der Waals surface area contributed by atoms with Gasteiger partial charge in [0.25, 0.3) is 5.91 Å². The Bertz CT molecular complexity index is 767. The largest absolute Gasteiger partial charge is 0.349 e. The average Bonchev–Trinajstić information content (AvgIpc) is 3.17. The summed E-state index contributed by atoms with van der Waals surface area (Å²) in [5, 5.41) is 11.1. The quantitative estimate of drug-likeness (QED) is 0.772. The molecule has 0 saturated heterocycles. The molecule has 112 valence electrons. The van der Waals surface area contributed by atoms with Gasteiger partial charge in [0.05, 0.1) is 17.9 Å². The fourth-order valence-corrected chi connectivity index (χ4v) is 2.51. The van der Waals surface area contributed by atoms with Gasteiger partial charge in [0.15, 0.2) is 0 Å². The van der Waals surface area contributed by atoms with Gasteiger partial charge in [0.2, 0.25) is 0 Å². The van der Waals surface area contributed by atoms with Gasteiger partial charge in [-0.15, -0.1) is 5.10 Å². The lowest BCUT2D eigenvalue weighted by molar-refractivity contribution is 0.0955. The molecule has 1 amide bonds. The number of nitrogens with one attached hydrogen (secondary N) is 1. The van der Waals surface area contributed by atoms with Crippen LogP contribution in [0.15, 0.2) is 36.7 Å². The van der Waals surface area contributed by atoms with Crippen LogP contribution < -0.4 is 5.32 Å². The van der Waals surface area contributed by atoms with Crippen molar-refractivity contribution in [3.63, 3.8) is 0 Å². The first-order valence-corrected chi connectivity index (χ1v) is 7.53. The summed E-state index contributed by atoms with van der Waals surface area (Å²) in [5.74, 6) is -0.149. The van der Waals surface area contributed by atoms with Crippen LogP contribution in [0.2, 0.25) is 0 Å². The van der Waals surface area contributed by atoms with E-state index >= 15 is 0 Å². The van der Waals surface area contributed by atoms with Crippen molar-refractivity contribution in [2.24, 2.45) is 0 Å². The van der Waals surface area contributed by atoms with Crippen molar-refractivity contribution >= 4 is 17.4 Å². The maximum atomic E-state index is 11.9. The molecule has 8 heteroatoms. The van der Waals surface area contributed by atoms with Gasteiger partial charge >= 0.3 is 0 Å². The molecule has 0 fully saturated rings. The van der Waals surface area contributed by atoms with E-state index in [1.54, 1.807) is 17.8 Å². The molecule has 0 aromatic carbocycles. The van der Waals surface area contributed by atoms with Gasteiger partial charge in [-0.05, 0) is 36.7 Å².